The van der Waals surface area contributed by atoms with Crippen LogP contribution in [0.5, 0.6) is 0 Å². The lowest BCUT2D eigenvalue weighted by atomic mass is 9.89. The Labute approximate surface area is 128 Å². The first-order valence-electron chi connectivity index (χ1n) is 6.86. The van der Waals surface area contributed by atoms with E-state index in [1.54, 1.807) is 12.1 Å². The lowest BCUT2D eigenvalue weighted by molar-refractivity contribution is 0.626. The zero-order chi connectivity index (χ0) is 14.1. The maximum Gasteiger partial charge on any atom is 0.142 e. The molecule has 0 bridgehead atoms. The highest BCUT2D eigenvalue weighted by molar-refractivity contribution is 6.30. The number of aryl methyl sites for hydroxylation is 2. The SMILES string of the molecule is Fc1cc(C(Cl)c2ccc3c(c2)CCCC3)ccc1Cl. The predicted molar refractivity (Wildman–Crippen MR) is 82.2 cm³/mol. The van der Waals surface area contributed by atoms with Gasteiger partial charge in [-0.15, -0.1) is 11.6 Å². The van der Waals surface area contributed by atoms with Gasteiger partial charge in [0.05, 0.1) is 10.4 Å². The zero-order valence-corrected chi connectivity index (χ0v) is 12.5. The molecule has 1 unspecified atom stereocenters. The molecule has 0 saturated heterocycles. The molecule has 0 saturated carbocycles. The van der Waals surface area contributed by atoms with Crippen LogP contribution in [0.3, 0.4) is 0 Å². The van der Waals surface area contributed by atoms with Gasteiger partial charge in [-0.2, -0.15) is 0 Å². The summed E-state index contributed by atoms with van der Waals surface area (Å²) in [7, 11) is 0. The van der Waals surface area contributed by atoms with E-state index in [9.17, 15) is 4.39 Å². The summed E-state index contributed by atoms with van der Waals surface area (Å²) in [6, 6.07) is 11.1. The quantitative estimate of drug-likeness (QED) is 0.625. The molecule has 0 heterocycles. The Morgan fingerprint density at radius 1 is 0.900 bits per heavy atom. The van der Waals surface area contributed by atoms with Crippen LogP contribution in [-0.4, -0.2) is 0 Å². The minimum absolute atomic E-state index is 0.128. The number of halogens is 3. The van der Waals surface area contributed by atoms with Crippen molar-refractivity contribution in [3.05, 3.63) is 69.5 Å². The standard InChI is InChI=1S/C17H15Cl2F/c18-15-8-7-14(10-16(15)20)17(19)13-6-5-11-3-1-2-4-12(11)9-13/h5-10,17H,1-4H2. The smallest absolute Gasteiger partial charge is 0.142 e. The van der Waals surface area contributed by atoms with Crippen LogP contribution in [-0.2, 0) is 12.8 Å². The Morgan fingerprint density at radius 3 is 2.30 bits per heavy atom. The molecule has 2 aromatic rings. The van der Waals surface area contributed by atoms with Gasteiger partial charge in [0.1, 0.15) is 5.82 Å². The zero-order valence-electron chi connectivity index (χ0n) is 11.0. The number of alkyl halides is 1. The molecule has 0 aromatic heterocycles. The van der Waals surface area contributed by atoms with Crippen molar-refractivity contribution >= 4 is 23.2 Å². The normalized spacial score (nSPS) is 15.8. The third-order valence-electron chi connectivity index (χ3n) is 3.90. The van der Waals surface area contributed by atoms with Crippen molar-refractivity contribution in [3.63, 3.8) is 0 Å². The van der Waals surface area contributed by atoms with E-state index in [2.05, 4.69) is 12.1 Å². The molecule has 0 nitrogen and oxygen atoms in total. The highest BCUT2D eigenvalue weighted by Crippen LogP contribution is 2.33. The average Bonchev–Trinajstić information content (AvgIpc) is 2.49. The van der Waals surface area contributed by atoms with E-state index in [0.717, 1.165) is 24.0 Å². The highest BCUT2D eigenvalue weighted by Gasteiger charge is 2.16. The molecule has 0 spiro atoms. The predicted octanol–water partition coefficient (Wildman–Crippen LogP) is 5.69. The van der Waals surface area contributed by atoms with E-state index in [1.807, 2.05) is 6.07 Å². The van der Waals surface area contributed by atoms with Gasteiger partial charge in [0, 0.05) is 0 Å². The Morgan fingerprint density at radius 2 is 1.55 bits per heavy atom. The van der Waals surface area contributed by atoms with Crippen LogP contribution >= 0.6 is 23.2 Å². The van der Waals surface area contributed by atoms with E-state index < -0.39 is 5.82 Å². The Kier molecular flexibility index (Phi) is 4.00. The molecule has 1 aliphatic carbocycles. The minimum atomic E-state index is -0.423. The fraction of sp³-hybridized carbons (Fsp3) is 0.294. The average molecular weight is 309 g/mol. The topological polar surface area (TPSA) is 0 Å². The summed E-state index contributed by atoms with van der Waals surface area (Å²) in [5.74, 6) is -0.423. The van der Waals surface area contributed by atoms with Gasteiger partial charge in [-0.25, -0.2) is 4.39 Å². The van der Waals surface area contributed by atoms with Gasteiger partial charge in [-0.05, 0) is 60.1 Å². The molecule has 2 aromatic carbocycles. The van der Waals surface area contributed by atoms with E-state index in [-0.39, 0.29) is 10.4 Å². The third kappa shape index (κ3) is 2.70. The summed E-state index contributed by atoms with van der Waals surface area (Å²) in [6.07, 6.45) is 4.76. The lowest BCUT2D eigenvalue weighted by Gasteiger charge is -2.18. The molecule has 1 atom stereocenters. The first-order chi connectivity index (χ1) is 9.65. The number of benzene rings is 2. The Balaban J connectivity index is 1.93. The van der Waals surface area contributed by atoms with Crippen LogP contribution in [0.15, 0.2) is 36.4 Å². The van der Waals surface area contributed by atoms with Crippen molar-refractivity contribution in [1.82, 2.24) is 0 Å². The van der Waals surface area contributed by atoms with Crippen LogP contribution in [0.2, 0.25) is 5.02 Å². The van der Waals surface area contributed by atoms with Crippen LogP contribution in [0, 0.1) is 5.82 Å². The van der Waals surface area contributed by atoms with Gasteiger partial charge in [-0.3, -0.25) is 0 Å². The molecule has 104 valence electrons. The van der Waals surface area contributed by atoms with Gasteiger partial charge in [-0.1, -0.05) is 35.9 Å². The summed E-state index contributed by atoms with van der Waals surface area (Å²) < 4.78 is 13.5. The number of rotatable bonds is 2. The van der Waals surface area contributed by atoms with Crippen molar-refractivity contribution in [1.29, 1.82) is 0 Å². The summed E-state index contributed by atoms with van der Waals surface area (Å²) in [6.45, 7) is 0. The number of hydrogen-bond donors (Lipinski definition) is 0. The van der Waals surface area contributed by atoms with E-state index in [4.69, 9.17) is 23.2 Å². The van der Waals surface area contributed by atoms with Crippen molar-refractivity contribution in [2.75, 3.05) is 0 Å². The maximum absolute atomic E-state index is 13.5. The van der Waals surface area contributed by atoms with E-state index in [1.165, 1.54) is 30.0 Å². The molecule has 0 N–H and O–H groups in total. The molecule has 0 radical (unpaired) electrons. The molecule has 20 heavy (non-hydrogen) atoms. The van der Waals surface area contributed by atoms with Crippen LogP contribution in [0.25, 0.3) is 0 Å². The fourth-order valence-electron chi connectivity index (χ4n) is 2.77. The lowest BCUT2D eigenvalue weighted by Crippen LogP contribution is -2.04. The number of hydrogen-bond acceptors (Lipinski definition) is 0. The van der Waals surface area contributed by atoms with Gasteiger partial charge in [0.2, 0.25) is 0 Å². The van der Waals surface area contributed by atoms with Crippen molar-refractivity contribution in [3.8, 4) is 0 Å². The summed E-state index contributed by atoms with van der Waals surface area (Å²) in [5, 5.41) is -0.211. The molecular weight excluding hydrogens is 294 g/mol. The van der Waals surface area contributed by atoms with Crippen molar-refractivity contribution in [2.45, 2.75) is 31.1 Å². The molecule has 3 heteroatoms. The van der Waals surface area contributed by atoms with Crippen LogP contribution < -0.4 is 0 Å². The van der Waals surface area contributed by atoms with Crippen molar-refractivity contribution < 1.29 is 4.39 Å². The van der Waals surface area contributed by atoms with E-state index in [0.29, 0.717) is 0 Å². The Bertz CT molecular complexity index is 637. The fourth-order valence-corrected chi connectivity index (χ4v) is 3.16. The first-order valence-corrected chi connectivity index (χ1v) is 7.67. The number of fused-ring (bicyclic) bond motifs is 1. The van der Waals surface area contributed by atoms with Gasteiger partial charge in [0.15, 0.2) is 0 Å². The second kappa shape index (κ2) is 5.75. The Hall–Kier alpha value is -1.05. The monoisotopic (exact) mass is 308 g/mol. The maximum atomic E-state index is 13.5. The molecule has 1 aliphatic rings. The molecule has 0 amide bonds. The summed E-state index contributed by atoms with van der Waals surface area (Å²) in [5.41, 5.74) is 4.57. The van der Waals surface area contributed by atoms with Gasteiger partial charge in [0.25, 0.3) is 0 Å². The first kappa shape index (κ1) is 13.9. The van der Waals surface area contributed by atoms with Crippen molar-refractivity contribution in [2.24, 2.45) is 0 Å². The van der Waals surface area contributed by atoms with Gasteiger partial charge >= 0.3 is 0 Å². The van der Waals surface area contributed by atoms with Crippen LogP contribution in [0.1, 0.15) is 40.5 Å². The van der Waals surface area contributed by atoms with Gasteiger partial charge < -0.3 is 0 Å². The second-order valence-electron chi connectivity index (χ2n) is 5.27. The molecular formula is C17H15Cl2F. The highest BCUT2D eigenvalue weighted by atomic mass is 35.5. The third-order valence-corrected chi connectivity index (χ3v) is 4.71. The molecule has 0 fully saturated rings. The second-order valence-corrected chi connectivity index (χ2v) is 6.11. The summed E-state index contributed by atoms with van der Waals surface area (Å²) >= 11 is 12.2. The largest absolute Gasteiger partial charge is 0.205 e. The minimum Gasteiger partial charge on any atom is -0.205 e. The van der Waals surface area contributed by atoms with Crippen LogP contribution in [0.4, 0.5) is 4.39 Å². The molecule has 3 rings (SSSR count). The summed E-state index contributed by atoms with van der Waals surface area (Å²) in [4.78, 5) is 0. The molecule has 0 aliphatic heterocycles. The van der Waals surface area contributed by atoms with E-state index >= 15 is 0 Å².